The lowest BCUT2D eigenvalue weighted by Gasteiger charge is -2.28. The van der Waals surface area contributed by atoms with Crippen LogP contribution in [0.25, 0.3) is 22.1 Å². The highest BCUT2D eigenvalue weighted by Crippen LogP contribution is 2.46. The van der Waals surface area contributed by atoms with Gasteiger partial charge < -0.3 is 14.2 Å². The predicted molar refractivity (Wildman–Crippen MR) is 100 cm³/mol. The van der Waals surface area contributed by atoms with Crippen molar-refractivity contribution < 1.29 is 8.53 Å². The molecular weight excluding hydrogens is 312 g/mol. The summed E-state index contributed by atoms with van der Waals surface area (Å²) in [7, 11) is 0. The molecule has 1 unspecified atom stereocenters. The van der Waals surface area contributed by atoms with Gasteiger partial charge in [0.05, 0.1) is 11.4 Å². The quantitative estimate of drug-likeness (QED) is 0.509. The Labute approximate surface area is 149 Å². The number of hydrogen-bond donors (Lipinski definition) is 0. The first-order valence-electron chi connectivity index (χ1n) is 9.68. The Balaban J connectivity index is 1.82. The molecule has 0 radical (unpaired) electrons. The van der Waals surface area contributed by atoms with Crippen LogP contribution in [0.15, 0.2) is 53.2 Å². The summed E-state index contributed by atoms with van der Waals surface area (Å²) in [5, 5.41) is 1.89. The smallest absolute Gasteiger partial charge is 0.227 e. The summed E-state index contributed by atoms with van der Waals surface area (Å²) in [5.74, 6) is 0.445. The van der Waals surface area contributed by atoms with E-state index in [-0.39, 0.29) is 0 Å². The summed E-state index contributed by atoms with van der Waals surface area (Å²) in [6, 6.07) is 11.6. The summed E-state index contributed by atoms with van der Waals surface area (Å²) in [5.41, 5.74) is 3.83. The molecule has 5 heteroatoms. The van der Waals surface area contributed by atoms with Gasteiger partial charge in [-0.05, 0) is 43.7 Å². The highest BCUT2D eigenvalue weighted by atomic mass is 16.3. The molecule has 4 heterocycles. The predicted octanol–water partition coefficient (Wildman–Crippen LogP) is 4.62. The van der Waals surface area contributed by atoms with Crippen LogP contribution in [0.4, 0.5) is 17.2 Å². The van der Waals surface area contributed by atoms with E-state index in [1.54, 1.807) is 12.4 Å². The Hall–Kier alpha value is -3.08. The minimum Gasteiger partial charge on any atom is -0.435 e. The van der Waals surface area contributed by atoms with E-state index in [1.807, 2.05) is 55.1 Å². The molecule has 0 amide bonds. The van der Waals surface area contributed by atoms with Crippen LogP contribution in [0, 0.1) is 6.92 Å². The third-order valence-corrected chi connectivity index (χ3v) is 4.84. The van der Waals surface area contributed by atoms with Crippen LogP contribution in [-0.4, -0.2) is 23.1 Å². The summed E-state index contributed by atoms with van der Waals surface area (Å²) >= 11 is 0. The first-order valence-corrected chi connectivity index (χ1v) is 8.18. The number of fused-ring (bicyclic) bond motifs is 4. The van der Waals surface area contributed by atoms with Gasteiger partial charge >= 0.3 is 0 Å². The lowest BCUT2D eigenvalue weighted by Crippen LogP contribution is -2.36. The molecule has 0 spiro atoms. The van der Waals surface area contributed by atoms with Crippen LogP contribution in [0.5, 0.6) is 0 Å². The van der Waals surface area contributed by atoms with Gasteiger partial charge in [0, 0.05) is 34.3 Å². The van der Waals surface area contributed by atoms with Crippen LogP contribution in [0.1, 0.15) is 16.6 Å². The van der Waals surface area contributed by atoms with E-state index in [4.69, 9.17) is 8.53 Å². The van der Waals surface area contributed by atoms with E-state index in [1.165, 1.54) is 4.90 Å². The van der Waals surface area contributed by atoms with Crippen molar-refractivity contribution in [3.8, 4) is 0 Å². The topological polar surface area (TPSA) is 45.4 Å². The van der Waals surface area contributed by atoms with Gasteiger partial charge in [0.1, 0.15) is 6.17 Å². The van der Waals surface area contributed by atoms with Crippen molar-refractivity contribution in [2.75, 3.05) is 16.8 Å². The second-order valence-corrected chi connectivity index (χ2v) is 6.28. The van der Waals surface area contributed by atoms with Crippen molar-refractivity contribution in [3.05, 3.63) is 54.4 Å². The first-order chi connectivity index (χ1) is 13.4. The largest absolute Gasteiger partial charge is 0.435 e. The summed E-state index contributed by atoms with van der Waals surface area (Å²) < 4.78 is 30.1. The number of benzene rings is 1. The zero-order valence-corrected chi connectivity index (χ0v) is 13.9. The maximum Gasteiger partial charge on any atom is 0.227 e. The first kappa shape index (κ1) is 11.5. The number of hydrogen-bond acceptors (Lipinski definition) is 5. The van der Waals surface area contributed by atoms with Crippen LogP contribution >= 0.6 is 0 Å². The molecule has 3 aromatic heterocycles. The number of furan rings is 1. The van der Waals surface area contributed by atoms with Gasteiger partial charge in [-0.3, -0.25) is 0 Å². The fourth-order valence-electron chi connectivity index (χ4n) is 3.62. The maximum absolute atomic E-state index is 8.01. The molecule has 0 saturated heterocycles. The number of nitrogens with zero attached hydrogens (tertiary/aromatic N) is 4. The molecule has 124 valence electrons. The number of aromatic nitrogens is 2. The molecule has 0 saturated carbocycles. The molecular formula is C20H18N4O. The second kappa shape index (κ2) is 4.96. The fourth-order valence-corrected chi connectivity index (χ4v) is 3.62. The van der Waals surface area contributed by atoms with Gasteiger partial charge in [0.25, 0.3) is 0 Å². The van der Waals surface area contributed by atoms with Gasteiger partial charge in [-0.2, -0.15) is 0 Å². The number of rotatable bonds is 1. The molecule has 25 heavy (non-hydrogen) atoms. The highest BCUT2D eigenvalue weighted by molar-refractivity contribution is 6.09. The molecule has 1 aromatic carbocycles. The van der Waals surface area contributed by atoms with Crippen LogP contribution in [-0.2, 0) is 0 Å². The molecule has 0 bridgehead atoms. The molecule has 0 N–H and O–H groups in total. The standard InChI is InChI=1S/C20H18N4O/c1-12-8-9-14-15-6-4-11-22-20(15)25-18(14)17(12)24-13(2)23(3)19-16(24)7-5-10-21-19/h4-11,13H,1-3H3/i3D3. The highest BCUT2D eigenvalue weighted by Gasteiger charge is 2.35. The molecule has 5 nitrogen and oxygen atoms in total. The van der Waals surface area contributed by atoms with Crippen molar-refractivity contribution in [2.24, 2.45) is 0 Å². The summed E-state index contributed by atoms with van der Waals surface area (Å²) in [4.78, 5) is 12.1. The normalized spacial score (nSPS) is 19.1. The molecule has 4 aromatic rings. The summed E-state index contributed by atoms with van der Waals surface area (Å²) in [6.45, 7) is 1.55. The molecule has 1 atom stereocenters. The lowest BCUT2D eigenvalue weighted by atomic mass is 10.1. The van der Waals surface area contributed by atoms with E-state index < -0.39 is 13.1 Å². The van der Waals surface area contributed by atoms with Crippen molar-refractivity contribution in [1.82, 2.24) is 9.97 Å². The van der Waals surface area contributed by atoms with Crippen LogP contribution in [0.3, 0.4) is 0 Å². The van der Waals surface area contributed by atoms with Crippen molar-refractivity contribution in [1.29, 1.82) is 0 Å². The summed E-state index contributed by atoms with van der Waals surface area (Å²) in [6.07, 6.45) is 2.86. The molecule has 0 aliphatic carbocycles. The second-order valence-electron chi connectivity index (χ2n) is 6.28. The Morgan fingerprint density at radius 2 is 1.92 bits per heavy atom. The lowest BCUT2D eigenvalue weighted by molar-refractivity contribution is 0.648. The third-order valence-electron chi connectivity index (χ3n) is 4.84. The fraction of sp³-hybridized carbons (Fsp3) is 0.200. The van der Waals surface area contributed by atoms with E-state index in [0.29, 0.717) is 17.1 Å². The zero-order chi connectivity index (χ0) is 19.6. The van der Waals surface area contributed by atoms with Crippen molar-refractivity contribution in [2.45, 2.75) is 20.0 Å². The maximum atomic E-state index is 8.01. The third kappa shape index (κ3) is 1.83. The van der Waals surface area contributed by atoms with Crippen molar-refractivity contribution >= 4 is 39.3 Å². The van der Waals surface area contributed by atoms with E-state index in [9.17, 15) is 0 Å². The van der Waals surface area contributed by atoms with Gasteiger partial charge in [0.15, 0.2) is 11.4 Å². The van der Waals surface area contributed by atoms with Gasteiger partial charge in [-0.1, -0.05) is 12.1 Å². The average Bonchev–Trinajstić information content (AvgIpc) is 3.16. The Bertz CT molecular complexity index is 1220. The zero-order valence-electron chi connectivity index (χ0n) is 16.9. The minimum atomic E-state index is -2.31. The molecule has 1 aliphatic rings. The van der Waals surface area contributed by atoms with E-state index >= 15 is 0 Å². The SMILES string of the molecule is [2H]C([2H])([2H])N1c2ncccc2N(c2c(C)ccc3c2oc2ncccc23)C1C. The Kier molecular flexibility index (Phi) is 2.27. The Morgan fingerprint density at radius 1 is 1.08 bits per heavy atom. The average molecular weight is 333 g/mol. The number of pyridine rings is 2. The van der Waals surface area contributed by atoms with Crippen LogP contribution < -0.4 is 9.80 Å². The minimum absolute atomic E-state index is 0.445. The van der Waals surface area contributed by atoms with Crippen molar-refractivity contribution in [3.63, 3.8) is 0 Å². The monoisotopic (exact) mass is 333 g/mol. The van der Waals surface area contributed by atoms with Gasteiger partial charge in [0.2, 0.25) is 5.71 Å². The number of anilines is 3. The van der Waals surface area contributed by atoms with Gasteiger partial charge in [-0.25, -0.2) is 9.97 Å². The molecule has 0 fully saturated rings. The van der Waals surface area contributed by atoms with Crippen LogP contribution in [0.2, 0.25) is 0 Å². The number of aryl methyl sites for hydroxylation is 1. The van der Waals surface area contributed by atoms with E-state index in [2.05, 4.69) is 9.97 Å². The molecule has 1 aliphatic heterocycles. The molecule has 5 rings (SSSR count). The van der Waals surface area contributed by atoms with E-state index in [0.717, 1.165) is 27.7 Å². The van der Waals surface area contributed by atoms with Gasteiger partial charge in [-0.15, -0.1) is 0 Å². The Morgan fingerprint density at radius 3 is 2.80 bits per heavy atom.